The zero-order chi connectivity index (χ0) is 15.7. The highest BCUT2D eigenvalue weighted by Gasteiger charge is 2.12. The zero-order valence-electron chi connectivity index (χ0n) is 13.0. The summed E-state index contributed by atoms with van der Waals surface area (Å²) >= 11 is 0. The van der Waals surface area contributed by atoms with Gasteiger partial charge in [0.2, 0.25) is 5.91 Å². The van der Waals surface area contributed by atoms with E-state index in [0.29, 0.717) is 12.1 Å². The van der Waals surface area contributed by atoms with Crippen molar-refractivity contribution in [3.8, 4) is 0 Å². The number of aryl methyl sites for hydroxylation is 1. The molecule has 1 aromatic rings. The number of carbonyl (C=O) groups is 2. The fourth-order valence-electron chi connectivity index (χ4n) is 2.11. The third kappa shape index (κ3) is 6.54. The van der Waals surface area contributed by atoms with Crippen molar-refractivity contribution in [2.75, 3.05) is 6.54 Å². The van der Waals surface area contributed by atoms with E-state index in [1.54, 1.807) is 12.1 Å². The topological polar surface area (TPSA) is 72.2 Å². The molecule has 0 aliphatic rings. The molecular weight excluding hydrogens is 264 g/mol. The average molecular weight is 290 g/mol. The minimum Gasteiger partial charge on any atom is -0.352 e. The lowest BCUT2D eigenvalue weighted by molar-refractivity contribution is -0.121. The Morgan fingerprint density at radius 1 is 1.19 bits per heavy atom. The molecule has 3 N–H and O–H groups in total. The average Bonchev–Trinajstić information content (AvgIpc) is 2.49. The lowest BCUT2D eigenvalue weighted by Crippen LogP contribution is -2.40. The SMILES string of the molecule is CCCCC(CN)NC(=O)CCC(=O)c1ccc(C)cc1. The lowest BCUT2D eigenvalue weighted by atomic mass is 10.0. The Labute approximate surface area is 127 Å². The highest BCUT2D eigenvalue weighted by atomic mass is 16.2. The fourth-order valence-corrected chi connectivity index (χ4v) is 2.11. The Kier molecular flexibility index (Phi) is 7.69. The Morgan fingerprint density at radius 3 is 2.43 bits per heavy atom. The first-order valence-electron chi connectivity index (χ1n) is 7.66. The zero-order valence-corrected chi connectivity index (χ0v) is 13.0. The van der Waals surface area contributed by atoms with E-state index in [1.165, 1.54) is 0 Å². The number of nitrogens with two attached hydrogens (primary N) is 1. The summed E-state index contributed by atoms with van der Waals surface area (Å²) in [6.45, 7) is 4.53. The van der Waals surface area contributed by atoms with Crippen molar-refractivity contribution in [1.82, 2.24) is 5.32 Å². The van der Waals surface area contributed by atoms with E-state index in [9.17, 15) is 9.59 Å². The molecular formula is C17H26N2O2. The number of Topliss-reactive ketones (excluding diaryl/α,β-unsaturated/α-hetero) is 1. The summed E-state index contributed by atoms with van der Waals surface area (Å²) in [5.74, 6) is -0.0926. The number of ketones is 1. The monoisotopic (exact) mass is 290 g/mol. The van der Waals surface area contributed by atoms with Gasteiger partial charge in [-0.05, 0) is 13.3 Å². The normalized spacial score (nSPS) is 12.0. The van der Waals surface area contributed by atoms with Crippen LogP contribution in [0.2, 0.25) is 0 Å². The number of benzene rings is 1. The molecule has 1 aromatic carbocycles. The van der Waals surface area contributed by atoms with Gasteiger partial charge in [0, 0.05) is 31.0 Å². The predicted octanol–water partition coefficient (Wildman–Crippen LogP) is 2.59. The lowest BCUT2D eigenvalue weighted by Gasteiger charge is -2.16. The first kappa shape index (κ1) is 17.4. The minimum atomic E-state index is -0.0954. The Morgan fingerprint density at radius 2 is 1.86 bits per heavy atom. The van der Waals surface area contributed by atoms with Crippen molar-refractivity contribution in [3.63, 3.8) is 0 Å². The van der Waals surface area contributed by atoms with E-state index in [0.717, 1.165) is 24.8 Å². The number of hydrogen-bond acceptors (Lipinski definition) is 3. The van der Waals surface area contributed by atoms with Crippen molar-refractivity contribution in [1.29, 1.82) is 0 Å². The van der Waals surface area contributed by atoms with Crippen LogP contribution in [0.15, 0.2) is 24.3 Å². The molecule has 0 fully saturated rings. The fraction of sp³-hybridized carbons (Fsp3) is 0.529. The van der Waals surface area contributed by atoms with Gasteiger partial charge < -0.3 is 11.1 Å². The maximum Gasteiger partial charge on any atom is 0.220 e. The van der Waals surface area contributed by atoms with Crippen LogP contribution in [0, 0.1) is 6.92 Å². The summed E-state index contributed by atoms with van der Waals surface area (Å²) in [4.78, 5) is 23.8. The first-order valence-corrected chi connectivity index (χ1v) is 7.66. The summed E-state index contributed by atoms with van der Waals surface area (Å²) in [6, 6.07) is 7.44. The van der Waals surface area contributed by atoms with Gasteiger partial charge in [0.1, 0.15) is 0 Å². The van der Waals surface area contributed by atoms with E-state index in [-0.39, 0.29) is 30.6 Å². The summed E-state index contributed by atoms with van der Waals surface area (Å²) in [5, 5.41) is 2.90. The molecule has 0 bridgehead atoms. The Balaban J connectivity index is 2.38. The highest BCUT2D eigenvalue weighted by molar-refractivity contribution is 5.97. The van der Waals surface area contributed by atoms with E-state index in [1.807, 2.05) is 19.1 Å². The molecule has 0 spiro atoms. The second kappa shape index (κ2) is 9.29. The molecule has 4 nitrogen and oxygen atoms in total. The maximum absolute atomic E-state index is 12.0. The molecule has 1 rings (SSSR count). The van der Waals surface area contributed by atoms with Gasteiger partial charge in [-0.2, -0.15) is 0 Å². The molecule has 0 aromatic heterocycles. The molecule has 4 heteroatoms. The number of unbranched alkanes of at least 4 members (excludes halogenated alkanes) is 1. The molecule has 0 aliphatic heterocycles. The van der Waals surface area contributed by atoms with Crippen molar-refractivity contribution in [2.45, 2.75) is 52.0 Å². The molecule has 0 aliphatic carbocycles. The van der Waals surface area contributed by atoms with Gasteiger partial charge in [0.05, 0.1) is 0 Å². The molecule has 1 atom stereocenters. The Bertz CT molecular complexity index is 454. The molecule has 116 valence electrons. The summed E-state index contributed by atoms with van der Waals surface area (Å²) < 4.78 is 0. The van der Waals surface area contributed by atoms with Crippen LogP contribution in [0.5, 0.6) is 0 Å². The second-order valence-corrected chi connectivity index (χ2v) is 5.43. The van der Waals surface area contributed by atoms with Gasteiger partial charge in [-0.15, -0.1) is 0 Å². The standard InChI is InChI=1S/C17H26N2O2/c1-3-4-5-15(12-18)19-17(21)11-10-16(20)14-8-6-13(2)7-9-14/h6-9,15H,3-5,10-12,18H2,1-2H3,(H,19,21). The number of hydrogen-bond donors (Lipinski definition) is 2. The quantitative estimate of drug-likeness (QED) is 0.687. The van der Waals surface area contributed by atoms with Crippen molar-refractivity contribution >= 4 is 11.7 Å². The van der Waals surface area contributed by atoms with Gasteiger partial charge in [-0.25, -0.2) is 0 Å². The molecule has 21 heavy (non-hydrogen) atoms. The number of amides is 1. The van der Waals surface area contributed by atoms with Gasteiger partial charge in [0.15, 0.2) is 5.78 Å². The predicted molar refractivity (Wildman–Crippen MR) is 85.3 cm³/mol. The van der Waals surface area contributed by atoms with Crippen LogP contribution < -0.4 is 11.1 Å². The Hall–Kier alpha value is -1.68. The summed E-state index contributed by atoms with van der Waals surface area (Å²) in [5.41, 5.74) is 7.42. The summed E-state index contributed by atoms with van der Waals surface area (Å²) in [6.07, 6.45) is 3.47. The third-order valence-electron chi connectivity index (χ3n) is 3.51. The van der Waals surface area contributed by atoms with Crippen LogP contribution in [-0.2, 0) is 4.79 Å². The largest absolute Gasteiger partial charge is 0.352 e. The van der Waals surface area contributed by atoms with Crippen LogP contribution in [-0.4, -0.2) is 24.3 Å². The van der Waals surface area contributed by atoms with E-state index in [2.05, 4.69) is 12.2 Å². The van der Waals surface area contributed by atoms with Gasteiger partial charge >= 0.3 is 0 Å². The first-order chi connectivity index (χ1) is 10.1. The minimum absolute atomic E-state index is 0.00278. The molecule has 0 saturated heterocycles. The van der Waals surface area contributed by atoms with E-state index in [4.69, 9.17) is 5.73 Å². The van der Waals surface area contributed by atoms with Gasteiger partial charge in [0.25, 0.3) is 0 Å². The summed E-state index contributed by atoms with van der Waals surface area (Å²) in [7, 11) is 0. The molecule has 0 heterocycles. The highest BCUT2D eigenvalue weighted by Crippen LogP contribution is 2.08. The van der Waals surface area contributed by atoms with E-state index >= 15 is 0 Å². The third-order valence-corrected chi connectivity index (χ3v) is 3.51. The molecule has 0 radical (unpaired) electrons. The van der Waals surface area contributed by atoms with Gasteiger partial charge in [-0.1, -0.05) is 49.6 Å². The van der Waals surface area contributed by atoms with Crippen LogP contribution >= 0.6 is 0 Å². The van der Waals surface area contributed by atoms with E-state index < -0.39 is 0 Å². The van der Waals surface area contributed by atoms with Gasteiger partial charge in [-0.3, -0.25) is 9.59 Å². The van der Waals surface area contributed by atoms with Crippen LogP contribution in [0.3, 0.4) is 0 Å². The van der Waals surface area contributed by atoms with Crippen molar-refractivity contribution < 1.29 is 9.59 Å². The second-order valence-electron chi connectivity index (χ2n) is 5.43. The molecule has 1 unspecified atom stereocenters. The smallest absolute Gasteiger partial charge is 0.220 e. The van der Waals surface area contributed by atoms with Crippen molar-refractivity contribution in [3.05, 3.63) is 35.4 Å². The number of rotatable bonds is 9. The maximum atomic E-state index is 12.0. The van der Waals surface area contributed by atoms with Crippen LogP contribution in [0.4, 0.5) is 0 Å². The molecule has 1 amide bonds. The van der Waals surface area contributed by atoms with Crippen LogP contribution in [0.1, 0.15) is 54.9 Å². The number of carbonyl (C=O) groups excluding carboxylic acids is 2. The van der Waals surface area contributed by atoms with Crippen molar-refractivity contribution in [2.24, 2.45) is 5.73 Å². The molecule has 0 saturated carbocycles. The van der Waals surface area contributed by atoms with Crippen LogP contribution in [0.25, 0.3) is 0 Å². The number of nitrogens with one attached hydrogen (secondary N) is 1.